The molecule has 0 aliphatic rings. The lowest BCUT2D eigenvalue weighted by Crippen LogP contribution is -2.13. The molecule has 0 amide bonds. The van der Waals surface area contributed by atoms with Crippen molar-refractivity contribution in [3.8, 4) is 5.75 Å². The van der Waals surface area contributed by atoms with Crippen molar-refractivity contribution in [3.63, 3.8) is 0 Å². The van der Waals surface area contributed by atoms with Crippen LogP contribution in [0.15, 0.2) is 47.4 Å². The number of benzene rings is 2. The van der Waals surface area contributed by atoms with Gasteiger partial charge in [0.1, 0.15) is 5.75 Å². The van der Waals surface area contributed by atoms with Crippen LogP contribution in [0, 0.1) is 3.57 Å². The monoisotopic (exact) mass is 431 g/mol. The van der Waals surface area contributed by atoms with E-state index >= 15 is 0 Å². The summed E-state index contributed by atoms with van der Waals surface area (Å²) in [5.41, 5.74) is 0.794. The number of Topliss-reactive ketones (excluding diaryl/α,β-unsaturated/α-hetero) is 1. The second-order valence-corrected chi connectivity index (χ2v) is 7.38. The standard InChI is InChI=1S/C15H14INO4S/c1-10(18)11-4-3-5-12(8-11)17-22(19,20)13-6-7-15(21-2)14(16)9-13/h3-9,17H,1-2H3. The van der Waals surface area contributed by atoms with Gasteiger partial charge in [0.05, 0.1) is 15.6 Å². The van der Waals surface area contributed by atoms with Crippen LogP contribution in [-0.4, -0.2) is 21.3 Å². The van der Waals surface area contributed by atoms with Crippen LogP contribution < -0.4 is 9.46 Å². The van der Waals surface area contributed by atoms with Gasteiger partial charge in [0.15, 0.2) is 5.78 Å². The molecule has 116 valence electrons. The van der Waals surface area contributed by atoms with Gasteiger partial charge in [0, 0.05) is 11.3 Å². The highest BCUT2D eigenvalue weighted by Crippen LogP contribution is 2.25. The molecule has 2 aromatic carbocycles. The molecule has 0 aliphatic carbocycles. The van der Waals surface area contributed by atoms with Gasteiger partial charge < -0.3 is 4.74 Å². The Balaban J connectivity index is 2.33. The zero-order valence-corrected chi connectivity index (χ0v) is 14.9. The number of ketones is 1. The Kier molecular flexibility index (Phi) is 5.07. The number of carbonyl (C=O) groups is 1. The van der Waals surface area contributed by atoms with E-state index in [4.69, 9.17) is 4.74 Å². The average Bonchev–Trinajstić information content (AvgIpc) is 2.47. The topological polar surface area (TPSA) is 72.5 Å². The summed E-state index contributed by atoms with van der Waals surface area (Å²) in [6, 6.07) is 11.0. The molecule has 0 radical (unpaired) electrons. The molecule has 22 heavy (non-hydrogen) atoms. The number of hydrogen-bond acceptors (Lipinski definition) is 4. The molecule has 0 spiro atoms. The van der Waals surface area contributed by atoms with Crippen molar-refractivity contribution < 1.29 is 17.9 Å². The molecule has 0 aliphatic heterocycles. The lowest BCUT2D eigenvalue weighted by molar-refractivity contribution is 0.101. The molecule has 0 saturated carbocycles. The third kappa shape index (κ3) is 3.77. The molecule has 0 atom stereocenters. The van der Waals surface area contributed by atoms with Gasteiger partial charge in [-0.2, -0.15) is 0 Å². The lowest BCUT2D eigenvalue weighted by Gasteiger charge is -2.10. The molecular weight excluding hydrogens is 417 g/mol. The summed E-state index contributed by atoms with van der Waals surface area (Å²) >= 11 is 2.01. The number of carbonyl (C=O) groups excluding carboxylic acids is 1. The summed E-state index contributed by atoms with van der Waals surface area (Å²) in [6.45, 7) is 1.43. The molecule has 1 N–H and O–H groups in total. The fourth-order valence-electron chi connectivity index (χ4n) is 1.83. The van der Waals surface area contributed by atoms with E-state index in [0.717, 1.165) is 0 Å². The van der Waals surface area contributed by atoms with E-state index in [1.54, 1.807) is 24.3 Å². The van der Waals surface area contributed by atoms with E-state index in [-0.39, 0.29) is 10.7 Å². The minimum Gasteiger partial charge on any atom is -0.496 e. The molecule has 0 fully saturated rings. The molecule has 7 heteroatoms. The zero-order chi connectivity index (χ0) is 16.3. The second-order valence-electron chi connectivity index (χ2n) is 4.54. The van der Waals surface area contributed by atoms with E-state index in [9.17, 15) is 13.2 Å². The Bertz CT molecular complexity index is 818. The van der Waals surface area contributed by atoms with Crippen LogP contribution in [0.3, 0.4) is 0 Å². The summed E-state index contributed by atoms with van der Waals surface area (Å²) in [5.74, 6) is 0.484. The van der Waals surface area contributed by atoms with Crippen molar-refractivity contribution in [2.75, 3.05) is 11.8 Å². The summed E-state index contributed by atoms with van der Waals surface area (Å²) in [5, 5.41) is 0. The summed E-state index contributed by atoms with van der Waals surface area (Å²) < 4.78 is 33.1. The fraction of sp³-hybridized carbons (Fsp3) is 0.133. The number of ether oxygens (including phenoxy) is 1. The molecule has 0 saturated heterocycles. The Morgan fingerprint density at radius 3 is 2.50 bits per heavy atom. The average molecular weight is 431 g/mol. The van der Waals surface area contributed by atoms with Gasteiger partial charge in [-0.1, -0.05) is 12.1 Å². The number of halogens is 1. The van der Waals surface area contributed by atoms with Crippen LogP contribution in [-0.2, 0) is 10.0 Å². The van der Waals surface area contributed by atoms with Gasteiger partial charge in [0.25, 0.3) is 10.0 Å². The van der Waals surface area contributed by atoms with Crippen LogP contribution in [0.25, 0.3) is 0 Å². The molecule has 2 aromatic rings. The number of nitrogens with one attached hydrogen (secondary N) is 1. The molecule has 5 nitrogen and oxygen atoms in total. The fourth-order valence-corrected chi connectivity index (χ4v) is 3.85. The van der Waals surface area contributed by atoms with Crippen LogP contribution >= 0.6 is 22.6 Å². The number of rotatable bonds is 5. The Labute approximate surface area is 142 Å². The first-order chi connectivity index (χ1) is 10.3. The van der Waals surface area contributed by atoms with E-state index in [1.165, 1.54) is 32.2 Å². The van der Waals surface area contributed by atoms with Crippen molar-refractivity contribution in [3.05, 3.63) is 51.6 Å². The predicted molar refractivity (Wildman–Crippen MR) is 93.0 cm³/mol. The van der Waals surface area contributed by atoms with Crippen molar-refractivity contribution in [2.45, 2.75) is 11.8 Å². The van der Waals surface area contributed by atoms with E-state index in [2.05, 4.69) is 4.72 Å². The highest BCUT2D eigenvalue weighted by molar-refractivity contribution is 14.1. The SMILES string of the molecule is COc1ccc(S(=O)(=O)Nc2cccc(C(C)=O)c2)cc1I. The minimum atomic E-state index is -3.72. The zero-order valence-electron chi connectivity index (χ0n) is 12.0. The van der Waals surface area contributed by atoms with Gasteiger partial charge >= 0.3 is 0 Å². The summed E-state index contributed by atoms with van der Waals surface area (Å²) in [6.07, 6.45) is 0. The molecule has 0 unspecified atom stereocenters. The van der Waals surface area contributed by atoms with Crippen LogP contribution in [0.1, 0.15) is 17.3 Å². The quantitative estimate of drug-likeness (QED) is 0.583. The number of sulfonamides is 1. The van der Waals surface area contributed by atoms with E-state index in [0.29, 0.717) is 20.6 Å². The first-order valence-corrected chi connectivity index (χ1v) is 8.87. The van der Waals surface area contributed by atoms with Crippen molar-refractivity contribution >= 4 is 44.1 Å². The highest BCUT2D eigenvalue weighted by atomic mass is 127. The van der Waals surface area contributed by atoms with Crippen molar-refractivity contribution in [2.24, 2.45) is 0 Å². The van der Waals surface area contributed by atoms with E-state index < -0.39 is 10.0 Å². The van der Waals surface area contributed by atoms with Gasteiger partial charge in [-0.15, -0.1) is 0 Å². The first-order valence-electron chi connectivity index (χ1n) is 6.31. The third-order valence-corrected chi connectivity index (χ3v) is 5.18. The van der Waals surface area contributed by atoms with Crippen LogP contribution in [0.2, 0.25) is 0 Å². The Morgan fingerprint density at radius 2 is 1.91 bits per heavy atom. The maximum absolute atomic E-state index is 12.4. The Morgan fingerprint density at radius 1 is 1.18 bits per heavy atom. The van der Waals surface area contributed by atoms with Gasteiger partial charge in [-0.3, -0.25) is 9.52 Å². The second kappa shape index (κ2) is 6.66. The molecular formula is C15H14INO4S. The lowest BCUT2D eigenvalue weighted by atomic mass is 10.1. The highest BCUT2D eigenvalue weighted by Gasteiger charge is 2.16. The van der Waals surface area contributed by atoms with Crippen LogP contribution in [0.5, 0.6) is 5.75 Å². The van der Waals surface area contributed by atoms with Crippen LogP contribution in [0.4, 0.5) is 5.69 Å². The maximum atomic E-state index is 12.4. The predicted octanol–water partition coefficient (Wildman–Crippen LogP) is 3.30. The minimum absolute atomic E-state index is 0.125. The van der Waals surface area contributed by atoms with Gasteiger partial charge in [0.2, 0.25) is 0 Å². The van der Waals surface area contributed by atoms with E-state index in [1.807, 2.05) is 22.6 Å². The molecule has 0 bridgehead atoms. The molecule has 2 rings (SSSR count). The van der Waals surface area contributed by atoms with Gasteiger partial charge in [-0.05, 0) is 59.8 Å². The molecule has 0 heterocycles. The molecule has 0 aromatic heterocycles. The van der Waals surface area contributed by atoms with Crippen molar-refractivity contribution in [1.29, 1.82) is 0 Å². The first kappa shape index (κ1) is 16.8. The summed E-state index contributed by atoms with van der Waals surface area (Å²) in [7, 11) is -2.20. The smallest absolute Gasteiger partial charge is 0.261 e. The third-order valence-electron chi connectivity index (χ3n) is 2.95. The largest absolute Gasteiger partial charge is 0.496 e. The normalized spacial score (nSPS) is 11.0. The maximum Gasteiger partial charge on any atom is 0.261 e. The summed E-state index contributed by atoms with van der Waals surface area (Å²) in [4.78, 5) is 11.5. The van der Waals surface area contributed by atoms with Gasteiger partial charge in [-0.25, -0.2) is 8.42 Å². The number of methoxy groups -OCH3 is 1. The Hall–Kier alpha value is -1.61. The van der Waals surface area contributed by atoms with Crippen molar-refractivity contribution in [1.82, 2.24) is 0 Å². The number of anilines is 1. The number of hydrogen-bond donors (Lipinski definition) is 1.